The van der Waals surface area contributed by atoms with E-state index >= 15 is 0 Å². The van der Waals surface area contributed by atoms with Gasteiger partial charge in [0.2, 0.25) is 10.0 Å². The topological polar surface area (TPSA) is 79.8 Å². The maximum Gasteiger partial charge on any atom is 0.409 e. The first-order valence-corrected chi connectivity index (χ1v) is 8.30. The van der Waals surface area contributed by atoms with Gasteiger partial charge in [0.25, 0.3) is 0 Å². The van der Waals surface area contributed by atoms with E-state index in [9.17, 15) is 13.2 Å². The molecule has 1 fully saturated rings. The summed E-state index contributed by atoms with van der Waals surface area (Å²) in [5.74, 6) is 0. The molecule has 1 aliphatic rings. The summed E-state index contributed by atoms with van der Waals surface area (Å²) in [5, 5.41) is 0.137. The van der Waals surface area contributed by atoms with Crippen LogP contribution in [-0.4, -0.2) is 61.5 Å². The summed E-state index contributed by atoms with van der Waals surface area (Å²) in [6, 6.07) is 1.43. The first-order valence-electron chi connectivity index (χ1n) is 6.48. The van der Waals surface area contributed by atoms with E-state index in [-0.39, 0.29) is 36.1 Å². The van der Waals surface area contributed by atoms with Crippen molar-refractivity contribution in [1.29, 1.82) is 0 Å². The number of hydrogen-bond acceptors (Lipinski definition) is 5. The Morgan fingerprint density at radius 1 is 1.38 bits per heavy atom. The van der Waals surface area contributed by atoms with Crippen molar-refractivity contribution < 1.29 is 17.9 Å². The van der Waals surface area contributed by atoms with Crippen molar-refractivity contribution in [2.24, 2.45) is 0 Å². The van der Waals surface area contributed by atoms with Crippen LogP contribution >= 0.6 is 11.6 Å². The van der Waals surface area contributed by atoms with Gasteiger partial charge in [-0.2, -0.15) is 4.31 Å². The highest BCUT2D eigenvalue weighted by molar-refractivity contribution is 7.89. The van der Waals surface area contributed by atoms with Gasteiger partial charge < -0.3 is 9.64 Å². The van der Waals surface area contributed by atoms with E-state index in [4.69, 9.17) is 16.3 Å². The van der Waals surface area contributed by atoms with Crippen molar-refractivity contribution in [2.75, 3.05) is 32.8 Å². The zero-order chi connectivity index (χ0) is 15.5. The van der Waals surface area contributed by atoms with Crippen LogP contribution in [0, 0.1) is 0 Å². The minimum atomic E-state index is -3.69. The second-order valence-electron chi connectivity index (χ2n) is 4.40. The van der Waals surface area contributed by atoms with E-state index in [1.54, 1.807) is 6.92 Å². The van der Waals surface area contributed by atoms with Gasteiger partial charge in [0.15, 0.2) is 0 Å². The van der Waals surface area contributed by atoms with Crippen LogP contribution in [0.2, 0.25) is 5.02 Å². The van der Waals surface area contributed by atoms with Crippen molar-refractivity contribution in [3.8, 4) is 0 Å². The van der Waals surface area contributed by atoms with Crippen LogP contribution in [0.4, 0.5) is 4.79 Å². The van der Waals surface area contributed by atoms with E-state index < -0.39 is 16.1 Å². The highest BCUT2D eigenvalue weighted by Gasteiger charge is 2.31. The van der Waals surface area contributed by atoms with Gasteiger partial charge in [-0.15, -0.1) is 0 Å². The fourth-order valence-electron chi connectivity index (χ4n) is 2.02. The van der Waals surface area contributed by atoms with Gasteiger partial charge in [-0.25, -0.2) is 13.2 Å². The molecule has 0 aliphatic carbocycles. The minimum absolute atomic E-state index is 0.0174. The van der Waals surface area contributed by atoms with Crippen molar-refractivity contribution in [3.05, 3.63) is 23.5 Å². The Kier molecular flexibility index (Phi) is 5.02. The highest BCUT2D eigenvalue weighted by Crippen LogP contribution is 2.24. The lowest BCUT2D eigenvalue weighted by Crippen LogP contribution is -2.50. The molecule has 0 atom stereocenters. The van der Waals surface area contributed by atoms with Gasteiger partial charge in [-0.1, -0.05) is 11.6 Å². The third-order valence-electron chi connectivity index (χ3n) is 3.12. The predicted octanol–water partition coefficient (Wildman–Crippen LogP) is 1.20. The number of halogens is 1. The zero-order valence-corrected chi connectivity index (χ0v) is 13.1. The first-order chi connectivity index (χ1) is 9.96. The molecule has 0 radical (unpaired) electrons. The molecule has 1 aliphatic heterocycles. The molecule has 0 spiro atoms. The molecule has 1 aromatic heterocycles. The van der Waals surface area contributed by atoms with Crippen LogP contribution in [0.1, 0.15) is 6.92 Å². The number of amides is 1. The van der Waals surface area contributed by atoms with E-state index in [1.165, 1.54) is 27.7 Å². The van der Waals surface area contributed by atoms with E-state index in [0.717, 1.165) is 0 Å². The van der Waals surface area contributed by atoms with Crippen LogP contribution in [0.3, 0.4) is 0 Å². The second kappa shape index (κ2) is 6.59. The lowest BCUT2D eigenvalue weighted by molar-refractivity contribution is 0.0934. The molecule has 0 unspecified atom stereocenters. The van der Waals surface area contributed by atoms with Gasteiger partial charge in [0.05, 0.1) is 11.6 Å². The number of sulfonamides is 1. The summed E-state index contributed by atoms with van der Waals surface area (Å²) in [6.07, 6.45) is 2.24. The maximum atomic E-state index is 12.5. The van der Waals surface area contributed by atoms with Gasteiger partial charge in [-0.3, -0.25) is 4.98 Å². The Labute approximate surface area is 128 Å². The molecule has 1 amide bonds. The number of piperazine rings is 1. The van der Waals surface area contributed by atoms with Crippen molar-refractivity contribution >= 4 is 27.7 Å². The largest absolute Gasteiger partial charge is 0.450 e. The summed E-state index contributed by atoms with van der Waals surface area (Å²) in [7, 11) is -3.69. The van der Waals surface area contributed by atoms with Gasteiger partial charge >= 0.3 is 6.09 Å². The Hall–Kier alpha value is -1.38. The maximum absolute atomic E-state index is 12.5. The summed E-state index contributed by atoms with van der Waals surface area (Å²) < 4.78 is 31.1. The lowest BCUT2D eigenvalue weighted by atomic mass is 10.4. The van der Waals surface area contributed by atoms with Crippen LogP contribution in [0.15, 0.2) is 23.4 Å². The van der Waals surface area contributed by atoms with Crippen LogP contribution in [-0.2, 0) is 14.8 Å². The Morgan fingerprint density at radius 2 is 2.05 bits per heavy atom. The zero-order valence-electron chi connectivity index (χ0n) is 11.5. The molecule has 116 valence electrons. The number of carbonyl (C=O) groups excluding carboxylic acids is 1. The predicted molar refractivity (Wildman–Crippen MR) is 76.6 cm³/mol. The third kappa shape index (κ3) is 3.45. The molecule has 0 aromatic carbocycles. The van der Waals surface area contributed by atoms with Crippen LogP contribution < -0.4 is 0 Å². The quantitative estimate of drug-likeness (QED) is 0.830. The molecule has 0 N–H and O–H groups in total. The minimum Gasteiger partial charge on any atom is -0.450 e. The Bertz CT molecular complexity index is 615. The molecule has 2 rings (SSSR count). The standard InChI is InChI=1S/C12H16ClN3O4S/c1-2-20-12(17)15-5-7-16(8-6-15)21(18,19)11-9-14-4-3-10(11)13/h3-4,9H,2,5-8H2,1H3. The fraction of sp³-hybridized carbons (Fsp3) is 0.500. The van der Waals surface area contributed by atoms with Crippen LogP contribution in [0.5, 0.6) is 0 Å². The SMILES string of the molecule is CCOC(=O)N1CCN(S(=O)(=O)c2cnccc2Cl)CC1. The molecular weight excluding hydrogens is 318 g/mol. The van der Waals surface area contributed by atoms with Crippen molar-refractivity contribution in [3.63, 3.8) is 0 Å². The Morgan fingerprint density at radius 3 is 2.62 bits per heavy atom. The summed E-state index contributed by atoms with van der Waals surface area (Å²) in [4.78, 5) is 16.9. The number of carbonyl (C=O) groups is 1. The van der Waals surface area contributed by atoms with Gasteiger partial charge in [0, 0.05) is 38.6 Å². The summed E-state index contributed by atoms with van der Waals surface area (Å²) in [5.41, 5.74) is 0. The Balaban J connectivity index is 2.08. The van der Waals surface area contributed by atoms with E-state index in [2.05, 4.69) is 4.98 Å². The summed E-state index contributed by atoms with van der Waals surface area (Å²) >= 11 is 5.92. The van der Waals surface area contributed by atoms with Crippen molar-refractivity contribution in [2.45, 2.75) is 11.8 Å². The normalized spacial score (nSPS) is 16.8. The number of rotatable bonds is 3. The fourth-order valence-corrected chi connectivity index (χ4v) is 3.85. The number of hydrogen-bond donors (Lipinski definition) is 0. The molecule has 1 aromatic rings. The van der Waals surface area contributed by atoms with E-state index in [0.29, 0.717) is 6.61 Å². The van der Waals surface area contributed by atoms with Crippen LogP contribution in [0.25, 0.3) is 0 Å². The molecule has 1 saturated heterocycles. The molecular formula is C12H16ClN3O4S. The number of nitrogens with zero attached hydrogens (tertiary/aromatic N) is 3. The number of pyridine rings is 1. The molecule has 0 saturated carbocycles. The van der Waals surface area contributed by atoms with Gasteiger partial charge in [0.1, 0.15) is 4.90 Å². The number of ether oxygens (including phenoxy) is 1. The van der Waals surface area contributed by atoms with E-state index in [1.807, 2.05) is 0 Å². The highest BCUT2D eigenvalue weighted by atomic mass is 35.5. The second-order valence-corrected chi connectivity index (χ2v) is 6.71. The smallest absolute Gasteiger partial charge is 0.409 e. The molecule has 7 nitrogen and oxygen atoms in total. The number of aromatic nitrogens is 1. The van der Waals surface area contributed by atoms with Gasteiger partial charge in [-0.05, 0) is 13.0 Å². The van der Waals surface area contributed by atoms with Crippen molar-refractivity contribution in [1.82, 2.24) is 14.2 Å². The molecule has 0 bridgehead atoms. The third-order valence-corrected chi connectivity index (χ3v) is 5.48. The molecule has 21 heavy (non-hydrogen) atoms. The molecule has 9 heteroatoms. The first kappa shape index (κ1) is 16.0. The average Bonchev–Trinajstić information content (AvgIpc) is 2.48. The monoisotopic (exact) mass is 333 g/mol. The average molecular weight is 334 g/mol. The molecule has 2 heterocycles. The lowest BCUT2D eigenvalue weighted by Gasteiger charge is -2.33. The summed E-state index contributed by atoms with van der Waals surface area (Å²) in [6.45, 7) is 3.00.